The number of hydrogen-bond acceptors (Lipinski definition) is 6. The van der Waals surface area contributed by atoms with E-state index in [0.717, 1.165) is 32.7 Å². The number of benzene rings is 1. The smallest absolute Gasteiger partial charge is 0.410 e. The summed E-state index contributed by atoms with van der Waals surface area (Å²) in [5, 5.41) is 3.68. The molecule has 1 aliphatic heterocycles. The second kappa shape index (κ2) is 7.85. The van der Waals surface area contributed by atoms with E-state index in [1.165, 1.54) is 11.3 Å². The number of para-hydroxylation sites is 1. The van der Waals surface area contributed by atoms with E-state index < -0.39 is 5.60 Å². The average molecular weight is 439 g/mol. The van der Waals surface area contributed by atoms with Crippen molar-refractivity contribution in [3.8, 4) is 0 Å². The number of nitrogens with zero attached hydrogens (tertiary/aromatic N) is 2. The number of nitrogens with one attached hydrogen (secondary N) is 1. The molecule has 0 bridgehead atoms. The average Bonchev–Trinajstić information content (AvgIpc) is 3.02. The molecule has 0 saturated heterocycles. The molecule has 8 heteroatoms. The van der Waals surface area contributed by atoms with Gasteiger partial charge in [-0.15, -0.1) is 11.3 Å². The maximum atomic E-state index is 12.9. The van der Waals surface area contributed by atoms with Crippen molar-refractivity contribution in [3.63, 3.8) is 0 Å². The molecule has 31 heavy (non-hydrogen) atoms. The molecule has 0 fully saturated rings. The quantitative estimate of drug-likeness (QED) is 0.603. The Kier molecular flexibility index (Phi) is 5.35. The van der Waals surface area contributed by atoms with E-state index in [2.05, 4.69) is 5.32 Å². The van der Waals surface area contributed by atoms with Crippen LogP contribution in [0.2, 0.25) is 0 Å². The van der Waals surface area contributed by atoms with Crippen LogP contribution in [-0.4, -0.2) is 34.0 Å². The molecule has 2 aromatic heterocycles. The molecule has 3 aromatic rings. The Hall–Kier alpha value is -3.13. The van der Waals surface area contributed by atoms with Gasteiger partial charge in [0.05, 0.1) is 12.2 Å². The third-order valence-corrected chi connectivity index (χ3v) is 6.23. The summed E-state index contributed by atoms with van der Waals surface area (Å²) in [5.41, 5.74) is 9.81. The maximum Gasteiger partial charge on any atom is 0.410 e. The highest BCUT2D eigenvalue weighted by Crippen LogP contribution is 2.35. The monoisotopic (exact) mass is 438 g/mol. The standard InChI is InChI=1S/C23H26N4O3S/c1-13-7-5-6-8-16(13)25-20(28)19-18(24)15-11-14-12-27(22(29)30-23(2,3)4)10-9-17(14)26-21(15)31-19/h5-8,11H,9-10,12,24H2,1-4H3,(H,25,28). The minimum absolute atomic E-state index is 0.247. The van der Waals surface area contributed by atoms with E-state index in [-0.39, 0.29) is 12.0 Å². The van der Waals surface area contributed by atoms with Crippen LogP contribution in [0.25, 0.3) is 10.2 Å². The van der Waals surface area contributed by atoms with Gasteiger partial charge in [-0.1, -0.05) is 18.2 Å². The number of nitrogens with two attached hydrogens (primary N) is 1. The fourth-order valence-corrected chi connectivity index (χ4v) is 4.53. The van der Waals surface area contributed by atoms with Crippen molar-refractivity contribution >= 4 is 44.9 Å². The van der Waals surface area contributed by atoms with Crippen LogP contribution in [0.1, 0.15) is 47.3 Å². The maximum absolute atomic E-state index is 12.9. The highest BCUT2D eigenvalue weighted by atomic mass is 32.1. The summed E-state index contributed by atoms with van der Waals surface area (Å²) < 4.78 is 5.50. The van der Waals surface area contributed by atoms with Crippen LogP contribution < -0.4 is 11.1 Å². The summed E-state index contributed by atoms with van der Waals surface area (Å²) in [6, 6.07) is 9.55. The summed E-state index contributed by atoms with van der Waals surface area (Å²) in [6.45, 7) is 8.45. The summed E-state index contributed by atoms with van der Waals surface area (Å²) >= 11 is 1.29. The molecule has 2 amide bonds. The number of thiophene rings is 1. The van der Waals surface area contributed by atoms with Crippen molar-refractivity contribution in [2.45, 2.75) is 46.3 Å². The number of amides is 2. The first kappa shape index (κ1) is 21.1. The first-order valence-corrected chi connectivity index (χ1v) is 11.0. The van der Waals surface area contributed by atoms with Crippen molar-refractivity contribution in [1.82, 2.24) is 9.88 Å². The summed E-state index contributed by atoms with van der Waals surface area (Å²) in [7, 11) is 0. The Morgan fingerprint density at radius 1 is 1.26 bits per heavy atom. The topological polar surface area (TPSA) is 97.5 Å². The number of rotatable bonds is 2. The van der Waals surface area contributed by atoms with Crippen LogP contribution in [-0.2, 0) is 17.7 Å². The minimum atomic E-state index is -0.545. The van der Waals surface area contributed by atoms with Crippen LogP contribution in [0.3, 0.4) is 0 Å². The molecular weight excluding hydrogens is 412 g/mol. The molecule has 0 atom stereocenters. The number of carbonyl (C=O) groups excluding carboxylic acids is 2. The van der Waals surface area contributed by atoms with E-state index in [9.17, 15) is 9.59 Å². The minimum Gasteiger partial charge on any atom is -0.444 e. The fraction of sp³-hybridized carbons (Fsp3) is 0.348. The van der Waals surface area contributed by atoms with Crippen LogP contribution in [0.5, 0.6) is 0 Å². The lowest BCUT2D eigenvalue weighted by atomic mass is 10.0. The van der Waals surface area contributed by atoms with Crippen molar-refractivity contribution in [3.05, 3.63) is 52.0 Å². The number of fused-ring (bicyclic) bond motifs is 2. The van der Waals surface area contributed by atoms with Gasteiger partial charge in [0.2, 0.25) is 0 Å². The van der Waals surface area contributed by atoms with Gasteiger partial charge >= 0.3 is 6.09 Å². The molecule has 0 saturated carbocycles. The molecule has 0 radical (unpaired) electrons. The number of hydrogen-bond donors (Lipinski definition) is 2. The van der Waals surface area contributed by atoms with Crippen LogP contribution in [0, 0.1) is 6.92 Å². The second-order valence-electron chi connectivity index (χ2n) is 8.71. The van der Waals surface area contributed by atoms with Crippen molar-refractivity contribution < 1.29 is 14.3 Å². The van der Waals surface area contributed by atoms with Gasteiger partial charge in [-0.2, -0.15) is 0 Å². The number of aromatic nitrogens is 1. The predicted octanol–water partition coefficient (Wildman–Crippen LogP) is 4.73. The number of ether oxygens (including phenoxy) is 1. The molecule has 4 rings (SSSR count). The molecule has 0 aliphatic carbocycles. The second-order valence-corrected chi connectivity index (χ2v) is 9.71. The van der Waals surface area contributed by atoms with Gasteiger partial charge in [0.1, 0.15) is 15.3 Å². The molecule has 1 aromatic carbocycles. The fourth-order valence-electron chi connectivity index (χ4n) is 3.54. The lowest BCUT2D eigenvalue weighted by molar-refractivity contribution is 0.0223. The Bertz CT molecular complexity index is 1180. The van der Waals surface area contributed by atoms with Gasteiger partial charge in [-0.05, 0) is 51.0 Å². The molecule has 0 spiro atoms. The Labute approximate surface area is 185 Å². The van der Waals surface area contributed by atoms with Gasteiger partial charge in [0.25, 0.3) is 5.91 Å². The molecular formula is C23H26N4O3S. The lowest BCUT2D eigenvalue weighted by Crippen LogP contribution is -2.40. The van der Waals surface area contributed by atoms with Gasteiger partial charge in [-0.3, -0.25) is 4.79 Å². The molecule has 3 N–H and O–H groups in total. The first-order chi connectivity index (χ1) is 14.6. The normalized spacial score (nSPS) is 13.7. The van der Waals surface area contributed by atoms with Gasteiger partial charge in [0.15, 0.2) is 0 Å². The molecule has 1 aliphatic rings. The van der Waals surface area contributed by atoms with E-state index in [4.69, 9.17) is 15.5 Å². The van der Waals surface area contributed by atoms with E-state index >= 15 is 0 Å². The Morgan fingerprint density at radius 2 is 2.00 bits per heavy atom. The highest BCUT2D eigenvalue weighted by molar-refractivity contribution is 7.21. The van der Waals surface area contributed by atoms with Gasteiger partial charge in [0, 0.05) is 29.7 Å². The Morgan fingerprint density at radius 3 is 2.71 bits per heavy atom. The van der Waals surface area contributed by atoms with Crippen molar-refractivity contribution in [1.29, 1.82) is 0 Å². The third-order valence-electron chi connectivity index (χ3n) is 5.12. The number of pyridine rings is 1. The molecule has 7 nitrogen and oxygen atoms in total. The number of aryl methyl sites for hydroxylation is 1. The van der Waals surface area contributed by atoms with Crippen LogP contribution in [0.4, 0.5) is 16.2 Å². The van der Waals surface area contributed by atoms with Crippen molar-refractivity contribution in [2.75, 3.05) is 17.6 Å². The zero-order valence-corrected chi connectivity index (χ0v) is 18.9. The van der Waals surface area contributed by atoms with E-state index in [1.807, 2.05) is 58.0 Å². The number of carbonyl (C=O) groups is 2. The number of nitrogen functional groups attached to an aromatic ring is 1. The van der Waals surface area contributed by atoms with Gasteiger partial charge < -0.3 is 20.7 Å². The zero-order valence-electron chi connectivity index (χ0n) is 18.1. The van der Waals surface area contributed by atoms with E-state index in [1.54, 1.807) is 4.90 Å². The Balaban J connectivity index is 1.60. The SMILES string of the molecule is Cc1ccccc1NC(=O)c1sc2nc3c(cc2c1N)CN(C(=O)OC(C)(C)C)CC3. The van der Waals surface area contributed by atoms with E-state index in [0.29, 0.717) is 30.1 Å². The first-order valence-electron chi connectivity index (χ1n) is 10.2. The largest absolute Gasteiger partial charge is 0.444 e. The highest BCUT2D eigenvalue weighted by Gasteiger charge is 2.28. The summed E-state index contributed by atoms with van der Waals surface area (Å²) in [4.78, 5) is 32.9. The number of anilines is 2. The summed E-state index contributed by atoms with van der Waals surface area (Å²) in [5.74, 6) is -0.247. The molecule has 0 unspecified atom stereocenters. The third kappa shape index (κ3) is 4.34. The van der Waals surface area contributed by atoms with Crippen LogP contribution >= 0.6 is 11.3 Å². The summed E-state index contributed by atoms with van der Waals surface area (Å²) in [6.07, 6.45) is 0.294. The molecule has 162 valence electrons. The lowest BCUT2D eigenvalue weighted by Gasteiger charge is -2.30. The molecule has 3 heterocycles. The van der Waals surface area contributed by atoms with Crippen molar-refractivity contribution in [2.24, 2.45) is 0 Å². The van der Waals surface area contributed by atoms with Gasteiger partial charge in [-0.25, -0.2) is 9.78 Å². The zero-order chi connectivity index (χ0) is 22.3. The predicted molar refractivity (Wildman–Crippen MR) is 124 cm³/mol. The van der Waals surface area contributed by atoms with Crippen LogP contribution in [0.15, 0.2) is 30.3 Å².